The lowest BCUT2D eigenvalue weighted by Crippen LogP contribution is -1.88. The fraction of sp³-hybridized carbons (Fsp3) is 0. The first kappa shape index (κ1) is 13.6. The van der Waals surface area contributed by atoms with E-state index in [1.54, 1.807) is 36.4 Å². The number of hydrogen-bond acceptors (Lipinski definition) is 3. The molecular formula is C16H9F2NOS. The maximum Gasteiger partial charge on any atom is 0.162 e. The van der Waals surface area contributed by atoms with E-state index in [0.717, 1.165) is 11.3 Å². The van der Waals surface area contributed by atoms with Crippen molar-refractivity contribution in [1.29, 1.82) is 0 Å². The van der Waals surface area contributed by atoms with Crippen LogP contribution in [-0.2, 0) is 0 Å². The van der Waals surface area contributed by atoms with Crippen LogP contribution in [0.2, 0.25) is 0 Å². The van der Waals surface area contributed by atoms with Gasteiger partial charge in [-0.1, -0.05) is 24.3 Å². The Kier molecular flexibility index (Phi) is 3.58. The van der Waals surface area contributed by atoms with Gasteiger partial charge in [0.15, 0.2) is 6.29 Å². The van der Waals surface area contributed by atoms with E-state index in [1.165, 1.54) is 12.1 Å². The van der Waals surface area contributed by atoms with E-state index in [1.807, 2.05) is 0 Å². The molecule has 1 heterocycles. The molecule has 0 spiro atoms. The van der Waals surface area contributed by atoms with Gasteiger partial charge < -0.3 is 0 Å². The molecule has 0 bridgehead atoms. The first-order chi connectivity index (χ1) is 10.2. The maximum atomic E-state index is 13.9. The summed E-state index contributed by atoms with van der Waals surface area (Å²) in [5, 5.41) is 0.355. The van der Waals surface area contributed by atoms with Crippen molar-refractivity contribution in [3.8, 4) is 21.8 Å². The first-order valence-corrected chi connectivity index (χ1v) is 6.98. The quantitative estimate of drug-likeness (QED) is 0.663. The number of carbonyl (C=O) groups excluding carboxylic acids is 1. The highest BCUT2D eigenvalue weighted by Gasteiger charge is 2.18. The Hall–Kier alpha value is -2.40. The lowest BCUT2D eigenvalue weighted by molar-refractivity contribution is 0.112. The second-order valence-electron chi connectivity index (χ2n) is 4.31. The van der Waals surface area contributed by atoms with E-state index in [4.69, 9.17) is 0 Å². The van der Waals surface area contributed by atoms with E-state index >= 15 is 0 Å². The van der Waals surface area contributed by atoms with Crippen molar-refractivity contribution in [1.82, 2.24) is 4.98 Å². The van der Waals surface area contributed by atoms with Crippen LogP contribution in [0.4, 0.5) is 8.78 Å². The standard InChI is InChI=1S/C16H9F2NOS/c17-12-7-3-1-5-10(12)15-14(9-20)21-16(19-15)11-6-2-4-8-13(11)18/h1-9H. The molecule has 2 aromatic carbocycles. The van der Waals surface area contributed by atoms with Crippen molar-refractivity contribution in [2.75, 3.05) is 0 Å². The summed E-state index contributed by atoms with van der Waals surface area (Å²) in [6.07, 6.45) is 0.615. The average molecular weight is 301 g/mol. The third-order valence-corrected chi connectivity index (χ3v) is 4.01. The van der Waals surface area contributed by atoms with Crippen LogP contribution in [0.5, 0.6) is 0 Å². The number of hydrogen-bond donors (Lipinski definition) is 0. The Morgan fingerprint density at radius 1 is 0.905 bits per heavy atom. The highest BCUT2D eigenvalue weighted by Crippen LogP contribution is 2.34. The molecule has 3 rings (SSSR count). The van der Waals surface area contributed by atoms with Crippen LogP contribution >= 0.6 is 11.3 Å². The van der Waals surface area contributed by atoms with Crippen molar-refractivity contribution in [3.05, 3.63) is 65.0 Å². The number of aromatic nitrogens is 1. The molecule has 5 heteroatoms. The number of nitrogens with zero attached hydrogens (tertiary/aromatic N) is 1. The Morgan fingerprint density at radius 2 is 1.48 bits per heavy atom. The number of aldehydes is 1. The molecule has 0 atom stereocenters. The minimum absolute atomic E-state index is 0.235. The Morgan fingerprint density at radius 3 is 2.05 bits per heavy atom. The summed E-state index contributed by atoms with van der Waals surface area (Å²) in [5.74, 6) is -0.894. The van der Waals surface area contributed by atoms with Crippen LogP contribution in [0.1, 0.15) is 9.67 Å². The van der Waals surface area contributed by atoms with Gasteiger partial charge in [-0.2, -0.15) is 0 Å². The second kappa shape index (κ2) is 5.54. The molecule has 0 amide bonds. The zero-order valence-electron chi connectivity index (χ0n) is 10.7. The summed E-state index contributed by atoms with van der Waals surface area (Å²) < 4.78 is 27.7. The van der Waals surface area contributed by atoms with Gasteiger partial charge in [-0.25, -0.2) is 13.8 Å². The number of carbonyl (C=O) groups is 1. The van der Waals surface area contributed by atoms with Crippen LogP contribution in [0, 0.1) is 11.6 Å². The predicted octanol–water partition coefficient (Wildman–Crippen LogP) is 4.57. The SMILES string of the molecule is O=Cc1sc(-c2ccccc2F)nc1-c1ccccc1F. The lowest BCUT2D eigenvalue weighted by Gasteiger charge is -2.00. The zero-order valence-corrected chi connectivity index (χ0v) is 11.5. The summed E-state index contributed by atoms with van der Waals surface area (Å²) in [7, 11) is 0. The molecule has 2 nitrogen and oxygen atoms in total. The highest BCUT2D eigenvalue weighted by molar-refractivity contribution is 7.17. The molecule has 0 saturated carbocycles. The fourth-order valence-electron chi connectivity index (χ4n) is 2.01. The molecular weight excluding hydrogens is 292 g/mol. The van der Waals surface area contributed by atoms with E-state index in [2.05, 4.69) is 4.98 Å². The van der Waals surface area contributed by atoms with Gasteiger partial charge in [-0.05, 0) is 24.3 Å². The molecule has 0 radical (unpaired) electrons. The number of halogens is 2. The largest absolute Gasteiger partial charge is 0.297 e. The molecule has 0 unspecified atom stereocenters. The normalized spacial score (nSPS) is 10.6. The Labute approximate surface area is 123 Å². The van der Waals surface area contributed by atoms with E-state index in [9.17, 15) is 13.6 Å². The predicted molar refractivity (Wildman–Crippen MR) is 78.3 cm³/mol. The molecule has 3 aromatic rings. The smallest absolute Gasteiger partial charge is 0.162 e. The fourth-order valence-corrected chi connectivity index (χ4v) is 2.93. The van der Waals surface area contributed by atoms with Crippen LogP contribution in [0.3, 0.4) is 0 Å². The monoisotopic (exact) mass is 301 g/mol. The number of thiazole rings is 1. The summed E-state index contributed by atoms with van der Waals surface area (Å²) in [5.41, 5.74) is 0.776. The van der Waals surface area contributed by atoms with Crippen molar-refractivity contribution < 1.29 is 13.6 Å². The van der Waals surface area contributed by atoms with Gasteiger partial charge in [-0.15, -0.1) is 11.3 Å². The van der Waals surface area contributed by atoms with Crippen LogP contribution in [-0.4, -0.2) is 11.3 Å². The van der Waals surface area contributed by atoms with Crippen molar-refractivity contribution in [2.45, 2.75) is 0 Å². The van der Waals surface area contributed by atoms with Gasteiger partial charge >= 0.3 is 0 Å². The van der Waals surface area contributed by atoms with Gasteiger partial charge in [-0.3, -0.25) is 4.79 Å². The topological polar surface area (TPSA) is 30.0 Å². The minimum atomic E-state index is -0.467. The molecule has 104 valence electrons. The van der Waals surface area contributed by atoms with Gasteiger partial charge in [0.2, 0.25) is 0 Å². The van der Waals surface area contributed by atoms with Crippen molar-refractivity contribution in [3.63, 3.8) is 0 Å². The summed E-state index contributed by atoms with van der Waals surface area (Å²) in [6, 6.07) is 12.2. The van der Waals surface area contributed by atoms with Gasteiger partial charge in [0.1, 0.15) is 16.6 Å². The maximum absolute atomic E-state index is 13.9. The molecule has 1 aromatic heterocycles. The minimum Gasteiger partial charge on any atom is -0.297 e. The average Bonchev–Trinajstić information content (AvgIpc) is 2.92. The van der Waals surface area contributed by atoms with Crippen LogP contribution in [0.25, 0.3) is 21.8 Å². The number of rotatable bonds is 3. The van der Waals surface area contributed by atoms with Gasteiger partial charge in [0.05, 0.1) is 10.6 Å². The summed E-state index contributed by atoms with van der Waals surface area (Å²) >= 11 is 1.04. The molecule has 0 aliphatic rings. The van der Waals surface area contributed by atoms with Gasteiger partial charge in [0, 0.05) is 11.1 Å². The van der Waals surface area contributed by atoms with Crippen molar-refractivity contribution >= 4 is 17.6 Å². The second-order valence-corrected chi connectivity index (χ2v) is 5.34. The molecule has 0 saturated heterocycles. The third kappa shape index (κ3) is 2.48. The third-order valence-electron chi connectivity index (χ3n) is 2.99. The van der Waals surface area contributed by atoms with Crippen molar-refractivity contribution in [2.24, 2.45) is 0 Å². The lowest BCUT2D eigenvalue weighted by atomic mass is 10.1. The zero-order chi connectivity index (χ0) is 14.8. The van der Waals surface area contributed by atoms with Crippen LogP contribution in [0.15, 0.2) is 48.5 Å². The Balaban J connectivity index is 2.18. The summed E-state index contributed by atoms with van der Waals surface area (Å²) in [4.78, 5) is 15.7. The number of benzene rings is 2. The first-order valence-electron chi connectivity index (χ1n) is 6.16. The summed E-state index contributed by atoms with van der Waals surface area (Å²) in [6.45, 7) is 0. The molecule has 21 heavy (non-hydrogen) atoms. The van der Waals surface area contributed by atoms with E-state index in [-0.39, 0.29) is 16.1 Å². The molecule has 0 aliphatic heterocycles. The molecule has 0 aliphatic carbocycles. The van der Waals surface area contributed by atoms with Gasteiger partial charge in [0.25, 0.3) is 0 Å². The van der Waals surface area contributed by atoms with E-state index < -0.39 is 11.6 Å². The van der Waals surface area contributed by atoms with Crippen LogP contribution < -0.4 is 0 Å². The molecule has 0 N–H and O–H groups in total. The Bertz CT molecular complexity index is 814. The molecule has 0 fully saturated rings. The van der Waals surface area contributed by atoms with E-state index in [0.29, 0.717) is 16.9 Å². The highest BCUT2D eigenvalue weighted by atomic mass is 32.1.